The fourth-order valence-corrected chi connectivity index (χ4v) is 11.9. The number of carbonyl (C=O) groups excluding carboxylic acids is 1. The first-order valence-corrected chi connectivity index (χ1v) is 17.3. The molecule has 0 unspecified atom stereocenters. The van der Waals surface area contributed by atoms with Crippen molar-refractivity contribution in [3.8, 4) is 0 Å². The third-order valence-corrected chi connectivity index (χ3v) is 15.1. The number of ether oxygens (including phenoxy) is 2. The van der Waals surface area contributed by atoms with Crippen LogP contribution in [-0.2, 0) is 14.3 Å². The van der Waals surface area contributed by atoms with Crippen molar-refractivity contribution < 1.29 is 50.0 Å². The number of allylic oxidation sites excluding steroid dienone is 4. The first-order chi connectivity index (χ1) is 21.5. The van der Waals surface area contributed by atoms with E-state index in [1.165, 1.54) is 11.1 Å². The number of hydrogen-bond donors (Lipinski definition) is 7. The Bertz CT molecular complexity index is 1300. The van der Waals surface area contributed by atoms with Gasteiger partial charge in [0.15, 0.2) is 0 Å². The van der Waals surface area contributed by atoms with E-state index in [4.69, 9.17) is 9.47 Å². The van der Waals surface area contributed by atoms with Crippen LogP contribution >= 0.6 is 0 Å². The van der Waals surface area contributed by atoms with Crippen molar-refractivity contribution in [3.63, 3.8) is 0 Å². The predicted molar refractivity (Wildman–Crippen MR) is 168 cm³/mol. The lowest BCUT2D eigenvalue weighted by Crippen LogP contribution is -2.68. The van der Waals surface area contributed by atoms with Crippen LogP contribution < -0.4 is 0 Å². The van der Waals surface area contributed by atoms with E-state index in [2.05, 4.69) is 40.7 Å². The Kier molecular flexibility index (Phi) is 8.50. The first-order valence-electron chi connectivity index (χ1n) is 17.3. The van der Waals surface area contributed by atoms with Gasteiger partial charge in [0.1, 0.15) is 24.4 Å². The van der Waals surface area contributed by atoms with Crippen molar-refractivity contribution in [2.45, 2.75) is 136 Å². The van der Waals surface area contributed by atoms with Crippen LogP contribution in [0.2, 0.25) is 0 Å². The van der Waals surface area contributed by atoms with Gasteiger partial charge in [-0.3, -0.25) is 4.79 Å². The van der Waals surface area contributed by atoms with Gasteiger partial charge >= 0.3 is 5.97 Å². The lowest BCUT2D eigenvalue weighted by atomic mass is 9.33. The largest absolute Gasteiger partial charge is 0.432 e. The van der Waals surface area contributed by atoms with Crippen LogP contribution in [0.15, 0.2) is 22.8 Å². The molecule has 3 saturated carbocycles. The summed E-state index contributed by atoms with van der Waals surface area (Å²) < 4.78 is 11.5. The highest BCUT2D eigenvalue weighted by molar-refractivity contribution is 5.80. The Hall–Kier alpha value is -1.37. The Labute approximate surface area is 272 Å². The molecule has 10 heteroatoms. The maximum Gasteiger partial charge on any atom is 0.315 e. The molecule has 10 nitrogen and oxygen atoms in total. The summed E-state index contributed by atoms with van der Waals surface area (Å²) in [7, 11) is 0. The summed E-state index contributed by atoms with van der Waals surface area (Å²) in [6, 6.07) is 0. The maximum atomic E-state index is 14.4. The highest BCUT2D eigenvalue weighted by atomic mass is 16.7. The van der Waals surface area contributed by atoms with Gasteiger partial charge in [-0.1, -0.05) is 50.5 Å². The van der Waals surface area contributed by atoms with E-state index in [0.717, 1.165) is 37.7 Å². The fourth-order valence-electron chi connectivity index (χ4n) is 11.9. The first kappa shape index (κ1) is 34.5. The molecule has 0 radical (unpaired) electrons. The average Bonchev–Trinajstić information content (AvgIpc) is 3.02. The number of rotatable bonds is 4. The summed E-state index contributed by atoms with van der Waals surface area (Å²) in [4.78, 5) is 14.4. The molecule has 6 aliphatic rings. The van der Waals surface area contributed by atoms with Crippen LogP contribution in [0.4, 0.5) is 0 Å². The maximum absolute atomic E-state index is 14.4. The minimum absolute atomic E-state index is 0.0507. The number of fused-ring (bicyclic) bond motifs is 7. The minimum Gasteiger partial charge on any atom is -0.432 e. The Balaban J connectivity index is 1.38. The molecule has 6 rings (SSSR count). The zero-order valence-corrected chi connectivity index (χ0v) is 28.3. The van der Waals surface area contributed by atoms with E-state index >= 15 is 0 Å². The van der Waals surface area contributed by atoms with Crippen molar-refractivity contribution in [3.05, 3.63) is 22.8 Å². The second-order valence-electron chi connectivity index (χ2n) is 16.8. The number of aliphatic hydroxyl groups is 7. The van der Waals surface area contributed by atoms with Crippen molar-refractivity contribution >= 4 is 5.97 Å². The summed E-state index contributed by atoms with van der Waals surface area (Å²) in [5.74, 6) is -0.470. The summed E-state index contributed by atoms with van der Waals surface area (Å²) in [5.41, 5.74) is 1.20. The Morgan fingerprint density at radius 1 is 0.935 bits per heavy atom. The second kappa shape index (κ2) is 11.3. The van der Waals surface area contributed by atoms with E-state index < -0.39 is 66.3 Å². The SMILES string of the molecule is CC1=C(C)[C@H]2C3=CC[C@@H]4[C@@]5(C)C[C@@H](O)[C@H](O)[C@@](C)(CO)[C@@H]5CC[C@@]4(C)[C@]3(C)CC[C@@]2(C(=O)O[C@@H]2O[C@H](CO)[C@@H](O)[C@H](O)[C@H]2O)CC1. The lowest BCUT2D eigenvalue weighted by Gasteiger charge is -2.71. The standard InChI is InChI=1S/C36H56O10/c1-18-9-12-36(31(44)46-30-28(42)27(41)26(40)22(16-37)45-30)14-13-34(5)20(25(36)19(18)2)7-8-24-32(3)15-21(39)29(43)33(4,17-38)23(32)10-11-35(24,34)6/h7,21-30,37-43H,8-17H2,1-6H3/t21-,22-,23-,24-,25+,26-,27+,28-,29+,30+,32+,33+,34-,35-,36+/m1/s1. The molecular formula is C36H56O10. The molecule has 0 aromatic heterocycles. The van der Waals surface area contributed by atoms with Gasteiger partial charge in [0.2, 0.25) is 6.29 Å². The van der Waals surface area contributed by atoms with Gasteiger partial charge in [-0.05, 0) is 93.3 Å². The van der Waals surface area contributed by atoms with Gasteiger partial charge < -0.3 is 45.2 Å². The monoisotopic (exact) mass is 648 g/mol. The molecule has 260 valence electrons. The smallest absolute Gasteiger partial charge is 0.315 e. The number of hydrogen-bond acceptors (Lipinski definition) is 10. The molecule has 1 aliphatic heterocycles. The zero-order valence-electron chi connectivity index (χ0n) is 28.3. The summed E-state index contributed by atoms with van der Waals surface area (Å²) in [6.07, 6.45) is -1.51. The van der Waals surface area contributed by atoms with Crippen molar-refractivity contribution in [1.82, 2.24) is 0 Å². The van der Waals surface area contributed by atoms with E-state index in [0.29, 0.717) is 19.3 Å². The van der Waals surface area contributed by atoms with Gasteiger partial charge in [-0.25, -0.2) is 0 Å². The molecule has 0 aromatic carbocycles. The minimum atomic E-state index is -1.66. The van der Waals surface area contributed by atoms with Crippen molar-refractivity contribution in [2.75, 3.05) is 13.2 Å². The Morgan fingerprint density at radius 3 is 2.28 bits per heavy atom. The van der Waals surface area contributed by atoms with E-state index in [9.17, 15) is 40.5 Å². The molecule has 46 heavy (non-hydrogen) atoms. The van der Waals surface area contributed by atoms with Gasteiger partial charge in [0.25, 0.3) is 0 Å². The van der Waals surface area contributed by atoms with Crippen molar-refractivity contribution in [1.29, 1.82) is 0 Å². The van der Waals surface area contributed by atoms with Gasteiger partial charge in [0.05, 0.1) is 30.8 Å². The van der Waals surface area contributed by atoms with Crippen LogP contribution in [0.3, 0.4) is 0 Å². The van der Waals surface area contributed by atoms with Gasteiger partial charge in [-0.15, -0.1) is 0 Å². The van der Waals surface area contributed by atoms with Crippen LogP contribution in [-0.4, -0.2) is 97.8 Å². The van der Waals surface area contributed by atoms with Crippen LogP contribution in [0, 0.1) is 44.8 Å². The highest BCUT2D eigenvalue weighted by Gasteiger charge is 2.70. The van der Waals surface area contributed by atoms with E-state index in [-0.39, 0.29) is 40.6 Å². The van der Waals surface area contributed by atoms with E-state index in [1.54, 1.807) is 0 Å². The Morgan fingerprint density at radius 2 is 1.63 bits per heavy atom. The van der Waals surface area contributed by atoms with Gasteiger partial charge in [0, 0.05) is 11.3 Å². The number of aliphatic hydroxyl groups excluding tert-OH is 7. The normalized spacial score (nSPS) is 53.7. The molecule has 0 amide bonds. The number of carbonyl (C=O) groups is 1. The molecule has 1 saturated heterocycles. The predicted octanol–water partition coefficient (Wildman–Crippen LogP) is 2.36. The molecule has 15 atom stereocenters. The fraction of sp³-hybridized carbons (Fsp3) is 0.861. The van der Waals surface area contributed by atoms with Crippen LogP contribution in [0.25, 0.3) is 0 Å². The second-order valence-corrected chi connectivity index (χ2v) is 16.8. The zero-order chi connectivity index (χ0) is 33.8. The molecular weight excluding hydrogens is 592 g/mol. The average molecular weight is 649 g/mol. The topological polar surface area (TPSA) is 177 Å². The summed E-state index contributed by atoms with van der Waals surface area (Å²) in [5, 5.41) is 73.8. The van der Waals surface area contributed by atoms with Crippen LogP contribution in [0.1, 0.15) is 92.9 Å². The molecule has 5 aliphatic carbocycles. The molecule has 0 spiro atoms. The van der Waals surface area contributed by atoms with Gasteiger partial charge in [-0.2, -0.15) is 0 Å². The van der Waals surface area contributed by atoms with E-state index in [1.807, 2.05) is 6.92 Å². The highest BCUT2D eigenvalue weighted by Crippen LogP contribution is 2.75. The quantitative estimate of drug-likeness (QED) is 0.177. The third kappa shape index (κ3) is 4.40. The lowest BCUT2D eigenvalue weighted by molar-refractivity contribution is -0.296. The molecule has 0 bridgehead atoms. The van der Waals surface area contributed by atoms with Crippen LogP contribution in [0.5, 0.6) is 0 Å². The molecule has 1 heterocycles. The third-order valence-electron chi connectivity index (χ3n) is 15.1. The van der Waals surface area contributed by atoms with Crippen molar-refractivity contribution in [2.24, 2.45) is 44.8 Å². The molecule has 7 N–H and O–H groups in total. The summed E-state index contributed by atoms with van der Waals surface area (Å²) >= 11 is 0. The molecule has 4 fully saturated rings. The molecule has 0 aromatic rings. The number of esters is 1. The summed E-state index contributed by atoms with van der Waals surface area (Å²) in [6.45, 7) is 12.4.